The van der Waals surface area contributed by atoms with Crippen LogP contribution in [0.4, 0.5) is 0 Å². The van der Waals surface area contributed by atoms with E-state index in [2.05, 4.69) is 33.4 Å². The minimum atomic E-state index is -0.138. The van der Waals surface area contributed by atoms with Gasteiger partial charge in [-0.05, 0) is 31.4 Å². The van der Waals surface area contributed by atoms with Gasteiger partial charge in [0.1, 0.15) is 11.9 Å². The summed E-state index contributed by atoms with van der Waals surface area (Å²) in [5.74, 6) is 1.65. The Balaban J connectivity index is 1.67. The molecule has 1 heterocycles. The van der Waals surface area contributed by atoms with E-state index in [0.29, 0.717) is 13.0 Å². The average Bonchev–Trinajstić information content (AvgIpc) is 3.05. The minimum Gasteiger partial charge on any atom is -0.488 e. The summed E-state index contributed by atoms with van der Waals surface area (Å²) in [6.45, 7) is 4.33. The highest BCUT2D eigenvalue weighted by Crippen LogP contribution is 2.28. The van der Waals surface area contributed by atoms with Crippen LogP contribution in [-0.2, 0) is 16.0 Å². The molecule has 0 fully saturated rings. The molecule has 0 bridgehead atoms. The van der Waals surface area contributed by atoms with Gasteiger partial charge in [-0.1, -0.05) is 24.6 Å². The largest absolute Gasteiger partial charge is 0.488 e. The molecule has 1 atom stereocenters. The highest BCUT2D eigenvalue weighted by Gasteiger charge is 2.21. The van der Waals surface area contributed by atoms with Gasteiger partial charge in [-0.2, -0.15) is 0 Å². The molecule has 2 rings (SSSR count). The minimum absolute atomic E-state index is 0.105. The van der Waals surface area contributed by atoms with E-state index in [0.717, 1.165) is 50.5 Å². The normalized spacial score (nSPS) is 16.1. The van der Waals surface area contributed by atoms with Gasteiger partial charge in [-0.25, -0.2) is 4.99 Å². The molecule has 0 spiro atoms. The molecule has 0 saturated carbocycles. The number of hydrogen-bond acceptors (Lipinski definition) is 4. The quantitative estimate of drug-likeness (QED) is 0.310. The van der Waals surface area contributed by atoms with Crippen molar-refractivity contribution in [1.82, 2.24) is 10.6 Å². The molecule has 6 heteroatoms. The van der Waals surface area contributed by atoms with Crippen LogP contribution in [0, 0.1) is 0 Å². The SMILES string of the molecule is CCNC(=NCC1Cc2ccccc2O1)NCCCCCC(=O)OC. The molecule has 1 aromatic carbocycles. The molecule has 1 unspecified atom stereocenters. The molecule has 1 aromatic rings. The van der Waals surface area contributed by atoms with E-state index >= 15 is 0 Å². The molecule has 6 nitrogen and oxygen atoms in total. The number of carbonyl (C=O) groups is 1. The summed E-state index contributed by atoms with van der Waals surface area (Å²) < 4.78 is 10.6. The molecule has 0 radical (unpaired) electrons. The van der Waals surface area contributed by atoms with Crippen molar-refractivity contribution < 1.29 is 14.3 Å². The first kappa shape index (κ1) is 19.1. The number of nitrogens with zero attached hydrogens (tertiary/aromatic N) is 1. The maximum absolute atomic E-state index is 11.1. The van der Waals surface area contributed by atoms with Gasteiger partial charge < -0.3 is 20.1 Å². The summed E-state index contributed by atoms with van der Waals surface area (Å²) >= 11 is 0. The standard InChI is InChI=1S/C19H29N3O3/c1-3-20-19(21-12-8-4-5-11-18(23)24-2)22-14-16-13-15-9-6-7-10-17(15)25-16/h6-7,9-10,16H,3-5,8,11-14H2,1-2H3,(H2,20,21,22). The summed E-state index contributed by atoms with van der Waals surface area (Å²) in [6.07, 6.45) is 4.34. The fourth-order valence-corrected chi connectivity index (χ4v) is 2.77. The predicted molar refractivity (Wildman–Crippen MR) is 99.0 cm³/mol. The molecular weight excluding hydrogens is 318 g/mol. The van der Waals surface area contributed by atoms with Gasteiger partial charge in [0.2, 0.25) is 0 Å². The van der Waals surface area contributed by atoms with Gasteiger partial charge in [-0.15, -0.1) is 0 Å². The van der Waals surface area contributed by atoms with Crippen molar-refractivity contribution in [3.05, 3.63) is 29.8 Å². The lowest BCUT2D eigenvalue weighted by atomic mass is 10.1. The van der Waals surface area contributed by atoms with E-state index in [1.54, 1.807) is 0 Å². The first-order chi connectivity index (χ1) is 12.2. The molecule has 25 heavy (non-hydrogen) atoms. The number of unbranched alkanes of at least 4 members (excludes halogenated alkanes) is 2. The number of ether oxygens (including phenoxy) is 2. The fourth-order valence-electron chi connectivity index (χ4n) is 2.77. The Hall–Kier alpha value is -2.24. The van der Waals surface area contributed by atoms with Crippen molar-refractivity contribution in [1.29, 1.82) is 0 Å². The predicted octanol–water partition coefficient (Wildman–Crippen LogP) is 2.28. The number of benzene rings is 1. The van der Waals surface area contributed by atoms with Gasteiger partial charge in [-0.3, -0.25) is 4.79 Å². The molecule has 1 aliphatic rings. The second-order valence-electron chi connectivity index (χ2n) is 6.08. The first-order valence-electron chi connectivity index (χ1n) is 9.06. The van der Waals surface area contributed by atoms with Crippen LogP contribution < -0.4 is 15.4 Å². The Morgan fingerprint density at radius 1 is 1.28 bits per heavy atom. The zero-order valence-corrected chi connectivity index (χ0v) is 15.2. The maximum Gasteiger partial charge on any atom is 0.305 e. The van der Waals surface area contributed by atoms with E-state index in [1.165, 1.54) is 12.7 Å². The summed E-state index contributed by atoms with van der Waals surface area (Å²) in [6, 6.07) is 8.16. The lowest BCUT2D eigenvalue weighted by Gasteiger charge is -2.13. The number of fused-ring (bicyclic) bond motifs is 1. The number of hydrogen-bond donors (Lipinski definition) is 2. The summed E-state index contributed by atoms with van der Waals surface area (Å²) in [5, 5.41) is 6.59. The number of carbonyl (C=O) groups excluding carboxylic acids is 1. The van der Waals surface area contributed by atoms with E-state index < -0.39 is 0 Å². The fraction of sp³-hybridized carbons (Fsp3) is 0.579. The number of methoxy groups -OCH3 is 1. The zero-order valence-electron chi connectivity index (χ0n) is 15.2. The lowest BCUT2D eigenvalue weighted by molar-refractivity contribution is -0.140. The van der Waals surface area contributed by atoms with Crippen LogP contribution in [0.1, 0.15) is 38.2 Å². The Morgan fingerprint density at radius 3 is 2.88 bits per heavy atom. The van der Waals surface area contributed by atoms with Gasteiger partial charge >= 0.3 is 5.97 Å². The Bertz CT molecular complexity index is 550. The van der Waals surface area contributed by atoms with Gasteiger partial charge in [0, 0.05) is 25.9 Å². The number of nitrogens with one attached hydrogen (secondary N) is 2. The summed E-state index contributed by atoms with van der Waals surface area (Å²) in [7, 11) is 1.43. The monoisotopic (exact) mass is 347 g/mol. The maximum atomic E-state index is 11.1. The average molecular weight is 347 g/mol. The number of aliphatic imine (C=N–C) groups is 1. The van der Waals surface area contributed by atoms with Crippen molar-refractivity contribution in [3.8, 4) is 5.75 Å². The second-order valence-corrected chi connectivity index (χ2v) is 6.08. The number of para-hydroxylation sites is 1. The molecular formula is C19H29N3O3. The Labute approximate surface area is 150 Å². The van der Waals surface area contributed by atoms with E-state index in [9.17, 15) is 4.79 Å². The zero-order chi connectivity index (χ0) is 17.9. The van der Waals surface area contributed by atoms with Crippen LogP contribution in [0.25, 0.3) is 0 Å². The van der Waals surface area contributed by atoms with Crippen LogP contribution >= 0.6 is 0 Å². The molecule has 0 saturated heterocycles. The Morgan fingerprint density at radius 2 is 2.12 bits per heavy atom. The molecule has 1 aliphatic heterocycles. The smallest absolute Gasteiger partial charge is 0.305 e. The third-order valence-electron chi connectivity index (χ3n) is 4.09. The molecule has 0 aromatic heterocycles. The van der Waals surface area contributed by atoms with Crippen molar-refractivity contribution >= 4 is 11.9 Å². The Kier molecular flexibility index (Phi) is 8.09. The molecule has 2 N–H and O–H groups in total. The highest BCUT2D eigenvalue weighted by molar-refractivity contribution is 5.79. The van der Waals surface area contributed by atoms with Crippen LogP contribution in [0.2, 0.25) is 0 Å². The third-order valence-corrected chi connectivity index (χ3v) is 4.09. The molecule has 0 aliphatic carbocycles. The third kappa shape index (κ3) is 6.64. The van der Waals surface area contributed by atoms with Crippen LogP contribution in [0.15, 0.2) is 29.3 Å². The number of esters is 1. The van der Waals surface area contributed by atoms with Gasteiger partial charge in [0.05, 0.1) is 13.7 Å². The van der Waals surface area contributed by atoms with Crippen molar-refractivity contribution in [2.24, 2.45) is 4.99 Å². The van der Waals surface area contributed by atoms with Crippen LogP contribution in [-0.4, -0.2) is 44.8 Å². The summed E-state index contributed by atoms with van der Waals surface area (Å²) in [4.78, 5) is 15.7. The lowest BCUT2D eigenvalue weighted by Crippen LogP contribution is -2.38. The summed E-state index contributed by atoms with van der Waals surface area (Å²) in [5.41, 5.74) is 1.26. The van der Waals surface area contributed by atoms with Gasteiger partial charge in [0.15, 0.2) is 5.96 Å². The van der Waals surface area contributed by atoms with Crippen molar-refractivity contribution in [2.45, 2.75) is 45.1 Å². The first-order valence-corrected chi connectivity index (χ1v) is 9.06. The van der Waals surface area contributed by atoms with E-state index in [4.69, 9.17) is 4.74 Å². The molecule has 138 valence electrons. The van der Waals surface area contributed by atoms with Crippen molar-refractivity contribution in [2.75, 3.05) is 26.7 Å². The van der Waals surface area contributed by atoms with Crippen LogP contribution in [0.3, 0.4) is 0 Å². The number of guanidine groups is 1. The second kappa shape index (κ2) is 10.6. The molecule has 0 amide bonds. The van der Waals surface area contributed by atoms with Crippen molar-refractivity contribution in [3.63, 3.8) is 0 Å². The van der Waals surface area contributed by atoms with E-state index in [1.807, 2.05) is 18.2 Å². The van der Waals surface area contributed by atoms with Crippen LogP contribution in [0.5, 0.6) is 5.75 Å². The highest BCUT2D eigenvalue weighted by atomic mass is 16.5. The topological polar surface area (TPSA) is 72.0 Å². The van der Waals surface area contributed by atoms with Gasteiger partial charge in [0.25, 0.3) is 0 Å². The number of rotatable bonds is 9. The van der Waals surface area contributed by atoms with E-state index in [-0.39, 0.29) is 12.1 Å².